The van der Waals surface area contributed by atoms with Crippen molar-refractivity contribution >= 4 is 11.8 Å². The molecule has 0 aliphatic carbocycles. The molecule has 1 aromatic carbocycles. The van der Waals surface area contributed by atoms with Gasteiger partial charge in [-0.05, 0) is 32.0 Å². The monoisotopic (exact) mass is 267 g/mol. The van der Waals surface area contributed by atoms with E-state index in [4.69, 9.17) is 4.74 Å². The molecule has 2 unspecified atom stereocenters. The summed E-state index contributed by atoms with van der Waals surface area (Å²) in [4.78, 5) is 1.33. The first-order chi connectivity index (χ1) is 8.63. The van der Waals surface area contributed by atoms with Gasteiger partial charge in [0.25, 0.3) is 0 Å². The summed E-state index contributed by atoms with van der Waals surface area (Å²) < 4.78 is 5.52. The largest absolute Gasteiger partial charge is 0.496 e. The number of benzene rings is 1. The molecular weight excluding hydrogens is 242 g/mol. The molecule has 18 heavy (non-hydrogen) atoms. The molecule has 0 saturated heterocycles. The molecule has 0 aliphatic rings. The van der Waals surface area contributed by atoms with Crippen LogP contribution < -0.4 is 10.1 Å². The van der Waals surface area contributed by atoms with Crippen molar-refractivity contribution in [2.24, 2.45) is 0 Å². The Kier molecular flexibility index (Phi) is 6.58. The van der Waals surface area contributed by atoms with E-state index in [1.807, 2.05) is 17.8 Å². The van der Waals surface area contributed by atoms with Crippen molar-refractivity contribution in [3.8, 4) is 5.75 Å². The average molecular weight is 267 g/mol. The number of methoxy groups -OCH3 is 1. The van der Waals surface area contributed by atoms with Crippen molar-refractivity contribution < 1.29 is 4.74 Å². The SMILES string of the molecule is CCNC(C)c1c(OC)cccc1SC(C)CC. The first-order valence-corrected chi connectivity index (χ1v) is 7.58. The number of ether oxygens (including phenoxy) is 1. The topological polar surface area (TPSA) is 21.3 Å². The van der Waals surface area contributed by atoms with Crippen molar-refractivity contribution in [1.82, 2.24) is 5.32 Å². The molecule has 0 aromatic heterocycles. The van der Waals surface area contributed by atoms with Crippen molar-refractivity contribution in [3.63, 3.8) is 0 Å². The van der Waals surface area contributed by atoms with Crippen molar-refractivity contribution in [1.29, 1.82) is 0 Å². The van der Waals surface area contributed by atoms with E-state index in [0.29, 0.717) is 11.3 Å². The fourth-order valence-corrected chi connectivity index (χ4v) is 3.10. The van der Waals surface area contributed by atoms with Crippen LogP contribution in [0.5, 0.6) is 5.75 Å². The zero-order valence-corrected chi connectivity index (χ0v) is 12.9. The van der Waals surface area contributed by atoms with Crippen LogP contribution in [-0.4, -0.2) is 18.9 Å². The Morgan fingerprint density at radius 2 is 2.00 bits per heavy atom. The van der Waals surface area contributed by atoms with Gasteiger partial charge >= 0.3 is 0 Å². The zero-order chi connectivity index (χ0) is 13.5. The van der Waals surface area contributed by atoms with Crippen LogP contribution in [0.4, 0.5) is 0 Å². The lowest BCUT2D eigenvalue weighted by molar-refractivity contribution is 0.400. The van der Waals surface area contributed by atoms with Gasteiger partial charge in [0.2, 0.25) is 0 Å². The lowest BCUT2D eigenvalue weighted by Gasteiger charge is -2.21. The Morgan fingerprint density at radius 1 is 1.28 bits per heavy atom. The maximum Gasteiger partial charge on any atom is 0.124 e. The van der Waals surface area contributed by atoms with E-state index in [9.17, 15) is 0 Å². The zero-order valence-electron chi connectivity index (χ0n) is 12.1. The van der Waals surface area contributed by atoms with Gasteiger partial charge in [0, 0.05) is 21.8 Å². The van der Waals surface area contributed by atoms with Gasteiger partial charge in [0.05, 0.1) is 7.11 Å². The fraction of sp³-hybridized carbons (Fsp3) is 0.600. The summed E-state index contributed by atoms with van der Waals surface area (Å²) in [7, 11) is 1.75. The molecule has 0 aliphatic heterocycles. The van der Waals surface area contributed by atoms with Crippen molar-refractivity contribution in [2.45, 2.75) is 50.3 Å². The second-order valence-electron chi connectivity index (χ2n) is 4.49. The van der Waals surface area contributed by atoms with Gasteiger partial charge in [-0.15, -0.1) is 11.8 Å². The third kappa shape index (κ3) is 3.92. The third-order valence-electron chi connectivity index (χ3n) is 3.09. The highest BCUT2D eigenvalue weighted by Gasteiger charge is 2.16. The van der Waals surface area contributed by atoms with Crippen LogP contribution in [0.15, 0.2) is 23.1 Å². The lowest BCUT2D eigenvalue weighted by Crippen LogP contribution is -2.19. The molecular formula is C15H25NOS. The fourth-order valence-electron chi connectivity index (χ4n) is 1.94. The smallest absolute Gasteiger partial charge is 0.124 e. The Morgan fingerprint density at radius 3 is 2.56 bits per heavy atom. The van der Waals surface area contributed by atoms with Crippen LogP contribution in [0.1, 0.15) is 45.7 Å². The van der Waals surface area contributed by atoms with Crippen molar-refractivity contribution in [2.75, 3.05) is 13.7 Å². The number of nitrogens with one attached hydrogen (secondary N) is 1. The Hall–Kier alpha value is -0.670. The first kappa shape index (κ1) is 15.4. The second-order valence-corrected chi connectivity index (χ2v) is 5.97. The molecule has 0 spiro atoms. The van der Waals surface area contributed by atoms with Gasteiger partial charge in [0.15, 0.2) is 0 Å². The minimum Gasteiger partial charge on any atom is -0.496 e. The Balaban J connectivity index is 3.07. The Bertz CT molecular complexity index is 368. The predicted molar refractivity (Wildman–Crippen MR) is 80.7 cm³/mol. The van der Waals surface area contributed by atoms with Crippen molar-refractivity contribution in [3.05, 3.63) is 23.8 Å². The van der Waals surface area contributed by atoms with Gasteiger partial charge in [-0.3, -0.25) is 0 Å². The third-order valence-corrected chi connectivity index (χ3v) is 4.44. The van der Waals surface area contributed by atoms with Gasteiger partial charge in [-0.2, -0.15) is 0 Å². The number of hydrogen-bond donors (Lipinski definition) is 1. The van der Waals surface area contributed by atoms with E-state index in [0.717, 1.165) is 12.3 Å². The normalized spacial score (nSPS) is 14.3. The van der Waals surface area contributed by atoms with Crippen LogP contribution >= 0.6 is 11.8 Å². The molecule has 1 rings (SSSR count). The van der Waals surface area contributed by atoms with Crippen LogP contribution in [0.25, 0.3) is 0 Å². The van der Waals surface area contributed by atoms with E-state index in [-0.39, 0.29) is 0 Å². The summed E-state index contributed by atoms with van der Waals surface area (Å²) >= 11 is 1.93. The molecule has 2 atom stereocenters. The molecule has 0 heterocycles. The Labute approximate surface area is 116 Å². The number of thioether (sulfide) groups is 1. The standard InChI is InChI=1S/C15H25NOS/c1-6-11(3)18-14-10-8-9-13(17-5)15(14)12(4)16-7-2/h8-12,16H,6-7H2,1-5H3. The van der Waals surface area contributed by atoms with Crippen LogP contribution in [0, 0.1) is 0 Å². The lowest BCUT2D eigenvalue weighted by atomic mass is 10.1. The van der Waals surface area contributed by atoms with E-state index in [1.54, 1.807) is 7.11 Å². The molecule has 3 heteroatoms. The maximum absolute atomic E-state index is 5.52. The molecule has 2 nitrogen and oxygen atoms in total. The first-order valence-electron chi connectivity index (χ1n) is 6.70. The predicted octanol–water partition coefficient (Wildman–Crippen LogP) is 4.26. The summed E-state index contributed by atoms with van der Waals surface area (Å²) in [5.41, 5.74) is 1.28. The summed E-state index contributed by atoms with van der Waals surface area (Å²) in [6.45, 7) is 9.79. The van der Waals surface area contributed by atoms with Crippen LogP contribution in [-0.2, 0) is 0 Å². The molecule has 0 bridgehead atoms. The van der Waals surface area contributed by atoms with Gasteiger partial charge in [-0.1, -0.05) is 26.8 Å². The quantitative estimate of drug-likeness (QED) is 0.746. The van der Waals surface area contributed by atoms with Crippen LogP contribution in [0.2, 0.25) is 0 Å². The van der Waals surface area contributed by atoms with E-state index < -0.39 is 0 Å². The van der Waals surface area contributed by atoms with Gasteiger partial charge in [-0.25, -0.2) is 0 Å². The minimum absolute atomic E-state index is 0.317. The van der Waals surface area contributed by atoms with Crippen LogP contribution in [0.3, 0.4) is 0 Å². The van der Waals surface area contributed by atoms with Gasteiger partial charge in [0.1, 0.15) is 5.75 Å². The summed E-state index contributed by atoms with van der Waals surface area (Å²) in [6, 6.07) is 6.63. The van der Waals surface area contributed by atoms with E-state index in [2.05, 4.69) is 45.1 Å². The highest BCUT2D eigenvalue weighted by Crippen LogP contribution is 2.37. The van der Waals surface area contributed by atoms with E-state index in [1.165, 1.54) is 16.9 Å². The number of rotatable bonds is 7. The minimum atomic E-state index is 0.317. The maximum atomic E-state index is 5.52. The molecule has 102 valence electrons. The molecule has 0 saturated carbocycles. The average Bonchev–Trinajstić information content (AvgIpc) is 2.38. The van der Waals surface area contributed by atoms with Gasteiger partial charge < -0.3 is 10.1 Å². The summed E-state index contributed by atoms with van der Waals surface area (Å²) in [5, 5.41) is 4.10. The molecule has 1 N–H and O–H groups in total. The molecule has 0 radical (unpaired) electrons. The summed E-state index contributed by atoms with van der Waals surface area (Å²) in [6.07, 6.45) is 1.18. The molecule has 1 aromatic rings. The second kappa shape index (κ2) is 7.70. The highest BCUT2D eigenvalue weighted by atomic mass is 32.2. The highest BCUT2D eigenvalue weighted by molar-refractivity contribution is 8.00. The van der Waals surface area contributed by atoms with E-state index >= 15 is 0 Å². The number of hydrogen-bond acceptors (Lipinski definition) is 3. The molecule has 0 amide bonds. The molecule has 0 fully saturated rings. The summed E-state index contributed by atoms with van der Waals surface area (Å²) in [5.74, 6) is 0.983.